The van der Waals surface area contributed by atoms with E-state index in [1.165, 1.54) is 0 Å². The van der Waals surface area contributed by atoms with E-state index in [0.717, 1.165) is 40.3 Å². The van der Waals surface area contributed by atoms with Crippen molar-refractivity contribution in [2.24, 2.45) is 7.05 Å². The number of aromatic amines is 1. The van der Waals surface area contributed by atoms with E-state index in [-0.39, 0.29) is 12.6 Å². The SMILES string of the molecule is C[C@@H]1COCCN1c1cc(CO)c2c(n1)c(-c1ccn[nH]1)nn2C. The number of anilines is 1. The van der Waals surface area contributed by atoms with Gasteiger partial charge in [-0.05, 0) is 19.1 Å². The quantitative estimate of drug-likeness (QED) is 0.747. The Hall–Kier alpha value is -2.45. The van der Waals surface area contributed by atoms with E-state index >= 15 is 0 Å². The fraction of sp³-hybridized carbons (Fsp3) is 0.438. The van der Waals surface area contributed by atoms with Crippen molar-refractivity contribution in [3.8, 4) is 11.4 Å². The highest BCUT2D eigenvalue weighted by Crippen LogP contribution is 2.31. The number of pyridine rings is 1. The molecule has 0 saturated carbocycles. The maximum absolute atomic E-state index is 9.86. The topological polar surface area (TPSA) is 92.1 Å². The average Bonchev–Trinajstić information content (AvgIpc) is 3.23. The Kier molecular flexibility index (Phi) is 3.70. The van der Waals surface area contributed by atoms with Gasteiger partial charge in [0.2, 0.25) is 0 Å². The van der Waals surface area contributed by atoms with E-state index < -0.39 is 0 Å². The molecule has 4 rings (SSSR count). The number of hydrogen-bond acceptors (Lipinski definition) is 6. The van der Waals surface area contributed by atoms with Gasteiger partial charge < -0.3 is 14.7 Å². The summed E-state index contributed by atoms with van der Waals surface area (Å²) in [5.41, 5.74) is 3.97. The molecule has 0 spiro atoms. The zero-order chi connectivity index (χ0) is 16.7. The number of rotatable bonds is 3. The summed E-state index contributed by atoms with van der Waals surface area (Å²) < 4.78 is 7.28. The number of fused-ring (bicyclic) bond motifs is 1. The summed E-state index contributed by atoms with van der Waals surface area (Å²) in [5.74, 6) is 0.844. The van der Waals surface area contributed by atoms with E-state index in [1.807, 2.05) is 19.2 Å². The molecule has 0 aliphatic carbocycles. The van der Waals surface area contributed by atoms with E-state index in [0.29, 0.717) is 13.2 Å². The molecule has 3 aromatic heterocycles. The summed E-state index contributed by atoms with van der Waals surface area (Å²) in [6.45, 7) is 4.19. The lowest BCUT2D eigenvalue weighted by molar-refractivity contribution is 0.0985. The van der Waals surface area contributed by atoms with Gasteiger partial charge in [0.05, 0.1) is 37.1 Å². The highest BCUT2D eigenvalue weighted by molar-refractivity contribution is 5.92. The molecule has 1 atom stereocenters. The highest BCUT2D eigenvalue weighted by atomic mass is 16.5. The van der Waals surface area contributed by atoms with Crippen LogP contribution < -0.4 is 4.90 Å². The second kappa shape index (κ2) is 5.88. The van der Waals surface area contributed by atoms with Crippen molar-refractivity contribution >= 4 is 16.9 Å². The first-order valence-corrected chi connectivity index (χ1v) is 8.00. The second-order valence-electron chi connectivity index (χ2n) is 6.05. The molecule has 1 saturated heterocycles. The van der Waals surface area contributed by atoms with Crippen molar-refractivity contribution in [2.45, 2.75) is 19.6 Å². The molecule has 1 fully saturated rings. The van der Waals surface area contributed by atoms with Crippen molar-refractivity contribution < 1.29 is 9.84 Å². The number of ether oxygens (including phenoxy) is 1. The Morgan fingerprint density at radius 1 is 1.46 bits per heavy atom. The van der Waals surface area contributed by atoms with E-state index in [2.05, 4.69) is 27.1 Å². The summed E-state index contributed by atoms with van der Waals surface area (Å²) in [6.07, 6.45) is 1.69. The number of nitrogens with one attached hydrogen (secondary N) is 1. The zero-order valence-corrected chi connectivity index (χ0v) is 13.7. The van der Waals surface area contributed by atoms with Gasteiger partial charge in [-0.1, -0.05) is 0 Å². The zero-order valence-electron chi connectivity index (χ0n) is 13.7. The number of aliphatic hydroxyl groups excluding tert-OH is 1. The fourth-order valence-corrected chi connectivity index (χ4v) is 3.25. The van der Waals surface area contributed by atoms with Crippen LogP contribution in [0.15, 0.2) is 18.3 Å². The lowest BCUT2D eigenvalue weighted by Gasteiger charge is -2.34. The van der Waals surface area contributed by atoms with Crippen LogP contribution >= 0.6 is 0 Å². The minimum absolute atomic E-state index is 0.0628. The molecule has 0 radical (unpaired) electrons. The van der Waals surface area contributed by atoms with Crippen LogP contribution in [0.2, 0.25) is 0 Å². The number of nitrogens with zero attached hydrogens (tertiary/aromatic N) is 5. The van der Waals surface area contributed by atoms with Crippen LogP contribution in [-0.2, 0) is 18.4 Å². The Morgan fingerprint density at radius 3 is 3.04 bits per heavy atom. The van der Waals surface area contributed by atoms with Crippen LogP contribution in [0.3, 0.4) is 0 Å². The molecule has 0 unspecified atom stereocenters. The summed E-state index contributed by atoms with van der Waals surface area (Å²) in [5, 5.41) is 21.4. The summed E-state index contributed by atoms with van der Waals surface area (Å²) in [6, 6.07) is 4.05. The average molecular weight is 328 g/mol. The molecule has 2 N–H and O–H groups in total. The maximum Gasteiger partial charge on any atom is 0.136 e. The predicted octanol–water partition coefficient (Wildman–Crippen LogP) is 1.08. The van der Waals surface area contributed by atoms with Crippen molar-refractivity contribution in [2.75, 3.05) is 24.7 Å². The van der Waals surface area contributed by atoms with Crippen molar-refractivity contribution in [3.05, 3.63) is 23.9 Å². The van der Waals surface area contributed by atoms with Gasteiger partial charge in [0.1, 0.15) is 17.0 Å². The van der Waals surface area contributed by atoms with Crippen molar-refractivity contribution in [1.29, 1.82) is 0 Å². The van der Waals surface area contributed by atoms with Gasteiger partial charge in [-0.25, -0.2) is 4.98 Å². The van der Waals surface area contributed by atoms with Gasteiger partial charge in [-0.2, -0.15) is 10.2 Å². The second-order valence-corrected chi connectivity index (χ2v) is 6.05. The molecule has 0 aromatic carbocycles. The molecule has 24 heavy (non-hydrogen) atoms. The first-order chi connectivity index (χ1) is 11.7. The number of aliphatic hydroxyl groups is 1. The minimum Gasteiger partial charge on any atom is -0.392 e. The monoisotopic (exact) mass is 328 g/mol. The largest absolute Gasteiger partial charge is 0.392 e. The molecular formula is C16H20N6O2. The van der Waals surface area contributed by atoms with E-state index in [9.17, 15) is 5.11 Å². The molecule has 1 aliphatic heterocycles. The first kappa shape index (κ1) is 15.1. The molecule has 4 heterocycles. The highest BCUT2D eigenvalue weighted by Gasteiger charge is 2.24. The lowest BCUT2D eigenvalue weighted by atomic mass is 10.1. The minimum atomic E-state index is -0.0628. The molecule has 1 aliphatic rings. The third-order valence-corrected chi connectivity index (χ3v) is 4.44. The van der Waals surface area contributed by atoms with E-state index in [4.69, 9.17) is 9.72 Å². The lowest BCUT2D eigenvalue weighted by Crippen LogP contribution is -2.44. The van der Waals surface area contributed by atoms with Crippen LogP contribution in [0.4, 0.5) is 5.82 Å². The van der Waals surface area contributed by atoms with Gasteiger partial charge in [0.15, 0.2) is 0 Å². The number of aromatic nitrogens is 5. The standard InChI is InChI=1S/C16H20N6O2/c1-10-9-24-6-5-22(10)13-7-11(8-23)16-15(18-13)14(20-21(16)2)12-3-4-17-19-12/h3-4,7,10,23H,5-6,8-9H2,1-2H3,(H,17,19)/t10-/m1/s1. The molecule has 8 heteroatoms. The van der Waals surface area contributed by atoms with Crippen molar-refractivity contribution in [1.82, 2.24) is 25.0 Å². The smallest absolute Gasteiger partial charge is 0.136 e. The fourth-order valence-electron chi connectivity index (χ4n) is 3.25. The van der Waals surface area contributed by atoms with Gasteiger partial charge in [-0.15, -0.1) is 0 Å². The van der Waals surface area contributed by atoms with Crippen LogP contribution in [0.1, 0.15) is 12.5 Å². The van der Waals surface area contributed by atoms with Crippen LogP contribution in [-0.4, -0.2) is 55.9 Å². The molecule has 126 valence electrons. The van der Waals surface area contributed by atoms with Crippen LogP contribution in [0, 0.1) is 0 Å². The summed E-state index contributed by atoms with van der Waals surface area (Å²) in [7, 11) is 1.86. The summed E-state index contributed by atoms with van der Waals surface area (Å²) in [4.78, 5) is 7.08. The van der Waals surface area contributed by atoms with Crippen molar-refractivity contribution in [3.63, 3.8) is 0 Å². The number of morpholine rings is 1. The summed E-state index contributed by atoms with van der Waals surface area (Å²) >= 11 is 0. The molecule has 8 nitrogen and oxygen atoms in total. The molecular weight excluding hydrogens is 308 g/mol. The van der Waals surface area contributed by atoms with Gasteiger partial charge in [0.25, 0.3) is 0 Å². The molecule has 0 amide bonds. The molecule has 3 aromatic rings. The Balaban J connectivity index is 1.92. The number of H-pyrrole nitrogens is 1. The molecule has 0 bridgehead atoms. The number of aryl methyl sites for hydroxylation is 1. The Labute approximate surface area is 139 Å². The maximum atomic E-state index is 9.86. The predicted molar refractivity (Wildman–Crippen MR) is 89.6 cm³/mol. The first-order valence-electron chi connectivity index (χ1n) is 8.00. The van der Waals surface area contributed by atoms with Gasteiger partial charge >= 0.3 is 0 Å². The van der Waals surface area contributed by atoms with Crippen LogP contribution in [0.25, 0.3) is 22.4 Å². The number of hydrogen-bond donors (Lipinski definition) is 2. The third-order valence-electron chi connectivity index (χ3n) is 4.44. The Morgan fingerprint density at radius 2 is 2.33 bits per heavy atom. The van der Waals surface area contributed by atoms with Gasteiger partial charge in [0, 0.05) is 25.4 Å². The van der Waals surface area contributed by atoms with Gasteiger partial charge in [-0.3, -0.25) is 9.78 Å². The normalized spacial score (nSPS) is 18.5. The Bertz CT molecular complexity index is 857. The van der Waals surface area contributed by atoms with Crippen LogP contribution in [0.5, 0.6) is 0 Å². The van der Waals surface area contributed by atoms with E-state index in [1.54, 1.807) is 10.9 Å². The third kappa shape index (κ3) is 2.35.